The predicted molar refractivity (Wildman–Crippen MR) is 95.1 cm³/mol. The average molecular weight is 337 g/mol. The Morgan fingerprint density at radius 3 is 2.80 bits per heavy atom. The van der Waals surface area contributed by atoms with Gasteiger partial charge in [-0.2, -0.15) is 0 Å². The Bertz CT molecular complexity index is 904. The monoisotopic (exact) mass is 337 g/mol. The van der Waals surface area contributed by atoms with Gasteiger partial charge in [0.05, 0.1) is 0 Å². The number of hydrogen-bond acceptors (Lipinski definition) is 6. The van der Waals surface area contributed by atoms with Gasteiger partial charge in [-0.05, 0) is 37.5 Å². The molecule has 0 aliphatic rings. The molecule has 7 nitrogen and oxygen atoms in total. The number of anilines is 3. The second-order valence-corrected chi connectivity index (χ2v) is 5.63. The first kappa shape index (κ1) is 16.6. The first-order valence-corrected chi connectivity index (χ1v) is 8.00. The second kappa shape index (κ2) is 7.12. The van der Waals surface area contributed by atoms with Gasteiger partial charge < -0.3 is 15.2 Å². The average Bonchev–Trinajstić information content (AvgIpc) is 3.01. The van der Waals surface area contributed by atoms with Crippen molar-refractivity contribution in [1.29, 1.82) is 0 Å². The van der Waals surface area contributed by atoms with Gasteiger partial charge in [-0.1, -0.05) is 30.3 Å². The van der Waals surface area contributed by atoms with E-state index in [1.807, 2.05) is 25.1 Å². The predicted octanol–water partition coefficient (Wildman–Crippen LogP) is 3.64. The van der Waals surface area contributed by atoms with Gasteiger partial charge in [0.25, 0.3) is 5.91 Å². The Kier molecular flexibility index (Phi) is 4.74. The zero-order chi connectivity index (χ0) is 17.8. The van der Waals surface area contributed by atoms with Crippen molar-refractivity contribution in [3.63, 3.8) is 0 Å². The van der Waals surface area contributed by atoms with Crippen LogP contribution in [0.5, 0.6) is 0 Å². The fourth-order valence-electron chi connectivity index (χ4n) is 2.46. The highest BCUT2D eigenvalue weighted by Crippen LogP contribution is 2.22. The van der Waals surface area contributed by atoms with Crippen molar-refractivity contribution in [2.45, 2.75) is 27.2 Å². The minimum atomic E-state index is -0.286. The van der Waals surface area contributed by atoms with Crippen LogP contribution in [0.25, 0.3) is 0 Å². The zero-order valence-corrected chi connectivity index (χ0v) is 14.3. The van der Waals surface area contributed by atoms with Crippen molar-refractivity contribution in [3.05, 3.63) is 59.1 Å². The molecular formula is C18H19N5O2. The summed E-state index contributed by atoms with van der Waals surface area (Å²) in [4.78, 5) is 20.9. The smallest absolute Gasteiger partial charge is 0.274 e. The van der Waals surface area contributed by atoms with Crippen LogP contribution in [0.1, 0.15) is 34.3 Å². The van der Waals surface area contributed by atoms with E-state index < -0.39 is 0 Å². The summed E-state index contributed by atoms with van der Waals surface area (Å²) in [5.74, 6) is 1.15. The lowest BCUT2D eigenvalue weighted by atomic mass is 10.1. The number of carbonyl (C=O) groups excluding carboxylic acids is 1. The van der Waals surface area contributed by atoms with Gasteiger partial charge in [0.2, 0.25) is 5.95 Å². The molecule has 2 heterocycles. The van der Waals surface area contributed by atoms with Gasteiger partial charge in [0, 0.05) is 18.0 Å². The quantitative estimate of drug-likeness (QED) is 0.738. The Morgan fingerprint density at radius 1 is 1.24 bits per heavy atom. The van der Waals surface area contributed by atoms with Gasteiger partial charge in [-0.25, -0.2) is 9.97 Å². The van der Waals surface area contributed by atoms with E-state index >= 15 is 0 Å². The van der Waals surface area contributed by atoms with Crippen LogP contribution in [0, 0.1) is 13.8 Å². The van der Waals surface area contributed by atoms with Gasteiger partial charge in [-0.15, -0.1) is 0 Å². The molecule has 0 saturated heterocycles. The number of nitrogens with one attached hydrogen (secondary N) is 2. The largest absolute Gasteiger partial charge is 0.360 e. The standard InChI is InChI=1S/C18H19N5O2/c1-4-13-7-5-6-11(2)16(13)22-17(24)14-8-9-19-18(20-14)21-15-10-12(3)25-23-15/h5-10H,4H2,1-3H3,(H,22,24)(H,19,20,21,23). The number of amides is 1. The minimum absolute atomic E-state index is 0.267. The third kappa shape index (κ3) is 3.82. The van der Waals surface area contributed by atoms with E-state index in [0.29, 0.717) is 11.6 Å². The molecule has 128 valence electrons. The van der Waals surface area contributed by atoms with Gasteiger partial charge in [-0.3, -0.25) is 4.79 Å². The SMILES string of the molecule is CCc1cccc(C)c1NC(=O)c1ccnc(Nc2cc(C)on2)n1. The van der Waals surface area contributed by atoms with Crippen molar-refractivity contribution < 1.29 is 9.32 Å². The lowest BCUT2D eigenvalue weighted by Gasteiger charge is -2.12. The summed E-state index contributed by atoms with van der Waals surface area (Å²) in [5.41, 5.74) is 3.19. The lowest BCUT2D eigenvalue weighted by Crippen LogP contribution is -2.16. The molecule has 2 aromatic heterocycles. The molecule has 7 heteroatoms. The van der Waals surface area contributed by atoms with E-state index in [1.165, 1.54) is 6.20 Å². The van der Waals surface area contributed by atoms with E-state index in [9.17, 15) is 4.79 Å². The summed E-state index contributed by atoms with van der Waals surface area (Å²) in [5, 5.41) is 9.68. The van der Waals surface area contributed by atoms with Crippen LogP contribution in [0.3, 0.4) is 0 Å². The van der Waals surface area contributed by atoms with Crippen LogP contribution in [-0.4, -0.2) is 21.0 Å². The van der Waals surface area contributed by atoms with E-state index in [2.05, 4.69) is 32.7 Å². The maximum absolute atomic E-state index is 12.6. The van der Waals surface area contributed by atoms with Gasteiger partial charge >= 0.3 is 0 Å². The number of rotatable bonds is 5. The fourth-order valence-corrected chi connectivity index (χ4v) is 2.46. The van der Waals surface area contributed by atoms with Crippen LogP contribution < -0.4 is 10.6 Å². The number of aryl methyl sites for hydroxylation is 3. The third-order valence-electron chi connectivity index (χ3n) is 3.73. The van der Waals surface area contributed by atoms with Crippen molar-refractivity contribution >= 4 is 23.4 Å². The van der Waals surface area contributed by atoms with E-state index in [4.69, 9.17) is 4.52 Å². The molecule has 1 aromatic carbocycles. The Morgan fingerprint density at radius 2 is 2.08 bits per heavy atom. The van der Waals surface area contributed by atoms with Crippen LogP contribution >= 0.6 is 0 Å². The molecule has 2 N–H and O–H groups in total. The van der Waals surface area contributed by atoms with E-state index in [1.54, 1.807) is 19.1 Å². The van der Waals surface area contributed by atoms with Crippen molar-refractivity contribution in [1.82, 2.24) is 15.1 Å². The fraction of sp³-hybridized carbons (Fsp3) is 0.222. The van der Waals surface area contributed by atoms with Crippen LogP contribution in [0.4, 0.5) is 17.5 Å². The first-order valence-electron chi connectivity index (χ1n) is 8.00. The minimum Gasteiger partial charge on any atom is -0.360 e. The molecule has 25 heavy (non-hydrogen) atoms. The number of para-hydroxylation sites is 1. The molecule has 0 fully saturated rings. The normalized spacial score (nSPS) is 10.5. The summed E-state index contributed by atoms with van der Waals surface area (Å²) in [7, 11) is 0. The molecule has 0 saturated carbocycles. The van der Waals surface area contributed by atoms with Gasteiger partial charge in [0.15, 0.2) is 5.82 Å². The molecule has 1 amide bonds. The molecule has 3 rings (SSSR count). The topological polar surface area (TPSA) is 92.9 Å². The Labute approximate surface area is 145 Å². The number of carbonyl (C=O) groups is 1. The lowest BCUT2D eigenvalue weighted by molar-refractivity contribution is 0.102. The summed E-state index contributed by atoms with van der Waals surface area (Å²) >= 11 is 0. The molecular weight excluding hydrogens is 318 g/mol. The molecule has 0 aliphatic heterocycles. The number of nitrogens with zero attached hydrogens (tertiary/aromatic N) is 3. The van der Waals surface area contributed by atoms with E-state index in [0.717, 1.165) is 23.2 Å². The molecule has 0 atom stereocenters. The highest BCUT2D eigenvalue weighted by Gasteiger charge is 2.13. The number of benzene rings is 1. The highest BCUT2D eigenvalue weighted by molar-refractivity contribution is 6.03. The molecule has 0 unspecified atom stereocenters. The van der Waals surface area contributed by atoms with Crippen molar-refractivity contribution in [2.24, 2.45) is 0 Å². The maximum atomic E-state index is 12.6. The molecule has 0 radical (unpaired) electrons. The van der Waals surface area contributed by atoms with Crippen molar-refractivity contribution in [2.75, 3.05) is 10.6 Å². The summed E-state index contributed by atoms with van der Waals surface area (Å²) < 4.78 is 4.98. The summed E-state index contributed by atoms with van der Waals surface area (Å²) in [6.45, 7) is 5.81. The number of aromatic nitrogens is 3. The van der Waals surface area contributed by atoms with Gasteiger partial charge in [0.1, 0.15) is 11.5 Å². The highest BCUT2D eigenvalue weighted by atomic mass is 16.5. The second-order valence-electron chi connectivity index (χ2n) is 5.63. The Balaban J connectivity index is 1.80. The molecule has 0 bridgehead atoms. The first-order chi connectivity index (χ1) is 12.1. The van der Waals surface area contributed by atoms with Crippen LogP contribution in [0.2, 0.25) is 0 Å². The maximum Gasteiger partial charge on any atom is 0.274 e. The summed E-state index contributed by atoms with van der Waals surface area (Å²) in [6, 6.07) is 9.24. The number of hydrogen-bond donors (Lipinski definition) is 2. The van der Waals surface area contributed by atoms with E-state index in [-0.39, 0.29) is 17.5 Å². The molecule has 0 aliphatic carbocycles. The Hall–Kier alpha value is -3.22. The third-order valence-corrected chi connectivity index (χ3v) is 3.73. The molecule has 0 spiro atoms. The summed E-state index contributed by atoms with van der Waals surface area (Å²) in [6.07, 6.45) is 2.36. The molecule has 3 aromatic rings. The van der Waals surface area contributed by atoms with Crippen LogP contribution in [-0.2, 0) is 6.42 Å². The zero-order valence-electron chi connectivity index (χ0n) is 14.3. The van der Waals surface area contributed by atoms with Crippen LogP contribution in [0.15, 0.2) is 41.1 Å². The van der Waals surface area contributed by atoms with Crippen molar-refractivity contribution in [3.8, 4) is 0 Å².